The maximum Gasteiger partial charge on any atom is 0.0660 e. The lowest BCUT2D eigenvalue weighted by Crippen LogP contribution is -2.45. The van der Waals surface area contributed by atoms with Gasteiger partial charge in [0.15, 0.2) is 0 Å². The highest BCUT2D eigenvalue weighted by atomic mass is 15.0. The van der Waals surface area contributed by atoms with E-state index in [0.29, 0.717) is 0 Å². The third-order valence-corrected chi connectivity index (χ3v) is 5.39. The van der Waals surface area contributed by atoms with Crippen LogP contribution in [0.5, 0.6) is 0 Å². The van der Waals surface area contributed by atoms with E-state index in [1.807, 2.05) is 0 Å². The first-order valence-corrected chi connectivity index (χ1v) is 9.27. The molecule has 0 spiro atoms. The van der Waals surface area contributed by atoms with Crippen molar-refractivity contribution in [2.45, 2.75) is 46.1 Å². The SMILES string of the molecule is C=C(NC1(C(=C)C)Cc2ccccc2C1)c1cccc(C)c1C=C(C)C. The fourth-order valence-corrected chi connectivity index (χ4v) is 3.89. The number of hydrogen-bond donors (Lipinski definition) is 1. The van der Waals surface area contributed by atoms with Crippen molar-refractivity contribution in [2.24, 2.45) is 0 Å². The van der Waals surface area contributed by atoms with Gasteiger partial charge in [-0.15, -0.1) is 0 Å². The monoisotopic (exact) mass is 343 g/mol. The topological polar surface area (TPSA) is 12.0 Å². The zero-order valence-electron chi connectivity index (χ0n) is 16.4. The second-order valence-corrected chi connectivity index (χ2v) is 7.85. The van der Waals surface area contributed by atoms with Gasteiger partial charge in [0.05, 0.1) is 5.54 Å². The van der Waals surface area contributed by atoms with Crippen LogP contribution < -0.4 is 5.32 Å². The molecule has 1 aliphatic rings. The number of rotatable bonds is 5. The largest absolute Gasteiger partial charge is 0.375 e. The number of fused-ring (bicyclic) bond motifs is 1. The van der Waals surface area contributed by atoms with Crippen LogP contribution in [0.4, 0.5) is 0 Å². The van der Waals surface area contributed by atoms with Crippen LogP contribution in [0.15, 0.2) is 66.8 Å². The summed E-state index contributed by atoms with van der Waals surface area (Å²) in [4.78, 5) is 0. The van der Waals surface area contributed by atoms with Gasteiger partial charge in [-0.1, -0.05) is 72.8 Å². The van der Waals surface area contributed by atoms with Gasteiger partial charge in [-0.05, 0) is 62.8 Å². The number of nitrogens with one attached hydrogen (secondary N) is 1. The van der Waals surface area contributed by atoms with Crippen LogP contribution in [0, 0.1) is 6.92 Å². The zero-order chi connectivity index (χ0) is 18.9. The van der Waals surface area contributed by atoms with Gasteiger partial charge in [0, 0.05) is 11.3 Å². The van der Waals surface area contributed by atoms with Gasteiger partial charge >= 0.3 is 0 Å². The van der Waals surface area contributed by atoms with Crippen molar-refractivity contribution in [1.82, 2.24) is 5.32 Å². The van der Waals surface area contributed by atoms with Crippen molar-refractivity contribution >= 4 is 11.8 Å². The van der Waals surface area contributed by atoms with Gasteiger partial charge in [-0.2, -0.15) is 0 Å². The first-order chi connectivity index (χ1) is 12.3. The van der Waals surface area contributed by atoms with E-state index in [1.54, 1.807) is 0 Å². The molecule has 0 aromatic heterocycles. The summed E-state index contributed by atoms with van der Waals surface area (Å²) in [5.41, 5.74) is 9.76. The molecule has 0 saturated carbocycles. The fourth-order valence-electron chi connectivity index (χ4n) is 3.89. The summed E-state index contributed by atoms with van der Waals surface area (Å²) in [6.07, 6.45) is 4.16. The van der Waals surface area contributed by atoms with E-state index in [4.69, 9.17) is 0 Å². The van der Waals surface area contributed by atoms with E-state index in [-0.39, 0.29) is 5.54 Å². The highest BCUT2D eigenvalue weighted by Crippen LogP contribution is 2.36. The second-order valence-electron chi connectivity index (χ2n) is 7.85. The first kappa shape index (κ1) is 18.3. The molecular weight excluding hydrogens is 314 g/mol. The molecule has 3 rings (SSSR count). The summed E-state index contributed by atoms with van der Waals surface area (Å²) >= 11 is 0. The van der Waals surface area contributed by atoms with E-state index < -0.39 is 0 Å². The molecule has 0 saturated heterocycles. The summed E-state index contributed by atoms with van der Waals surface area (Å²) in [7, 11) is 0. The van der Waals surface area contributed by atoms with E-state index in [9.17, 15) is 0 Å². The molecule has 1 aliphatic carbocycles. The summed E-state index contributed by atoms with van der Waals surface area (Å²) in [6, 6.07) is 15.1. The summed E-state index contributed by atoms with van der Waals surface area (Å²) in [5.74, 6) is 0. The molecule has 0 amide bonds. The molecule has 0 unspecified atom stereocenters. The zero-order valence-corrected chi connectivity index (χ0v) is 16.4. The number of benzene rings is 2. The summed E-state index contributed by atoms with van der Waals surface area (Å²) < 4.78 is 0. The Hall–Kier alpha value is -2.54. The van der Waals surface area contributed by atoms with Crippen molar-refractivity contribution in [1.29, 1.82) is 0 Å². The van der Waals surface area contributed by atoms with Crippen molar-refractivity contribution in [3.05, 3.63) is 94.6 Å². The second kappa shape index (κ2) is 6.99. The Morgan fingerprint density at radius 3 is 2.12 bits per heavy atom. The van der Waals surface area contributed by atoms with Gasteiger partial charge in [-0.25, -0.2) is 0 Å². The lowest BCUT2D eigenvalue weighted by molar-refractivity contribution is 0.462. The molecular formula is C25H29N. The van der Waals surface area contributed by atoms with Crippen LogP contribution in [-0.2, 0) is 12.8 Å². The fraction of sp³-hybridized carbons (Fsp3) is 0.280. The number of aryl methyl sites for hydroxylation is 1. The van der Waals surface area contributed by atoms with E-state index in [0.717, 1.165) is 24.1 Å². The standard InChI is InChI=1S/C25H29N/c1-17(2)14-24-19(5)10-9-13-23(24)20(6)26-25(18(3)4)15-21-11-7-8-12-22(21)16-25/h7-14,26H,3,6,15-16H2,1-2,4-5H3. The Morgan fingerprint density at radius 2 is 1.58 bits per heavy atom. The van der Waals surface area contributed by atoms with Crippen molar-refractivity contribution < 1.29 is 0 Å². The minimum atomic E-state index is -0.160. The van der Waals surface area contributed by atoms with Gasteiger partial charge in [0.1, 0.15) is 0 Å². The molecule has 0 bridgehead atoms. The quantitative estimate of drug-likeness (QED) is 0.648. The molecule has 1 N–H and O–H groups in total. The van der Waals surface area contributed by atoms with Crippen molar-refractivity contribution in [3.63, 3.8) is 0 Å². The predicted molar refractivity (Wildman–Crippen MR) is 114 cm³/mol. The average Bonchev–Trinajstić information content (AvgIpc) is 2.95. The van der Waals surface area contributed by atoms with E-state index in [2.05, 4.69) is 94.7 Å². The predicted octanol–water partition coefficient (Wildman–Crippen LogP) is 6.09. The highest BCUT2D eigenvalue weighted by molar-refractivity contribution is 5.75. The van der Waals surface area contributed by atoms with Gasteiger partial charge in [0.25, 0.3) is 0 Å². The van der Waals surface area contributed by atoms with Gasteiger partial charge in [-0.3, -0.25) is 0 Å². The average molecular weight is 344 g/mol. The molecule has 2 aromatic rings. The third-order valence-electron chi connectivity index (χ3n) is 5.39. The van der Waals surface area contributed by atoms with E-state index >= 15 is 0 Å². The lowest BCUT2D eigenvalue weighted by atomic mass is 9.87. The minimum Gasteiger partial charge on any atom is -0.375 e. The van der Waals surface area contributed by atoms with Crippen LogP contribution in [0.2, 0.25) is 0 Å². The third kappa shape index (κ3) is 3.39. The maximum absolute atomic E-state index is 4.41. The van der Waals surface area contributed by atoms with Crippen LogP contribution >= 0.6 is 0 Å². The van der Waals surface area contributed by atoms with Gasteiger partial charge < -0.3 is 5.32 Å². The summed E-state index contributed by atoms with van der Waals surface area (Å²) in [5, 5.41) is 3.77. The van der Waals surface area contributed by atoms with Gasteiger partial charge in [0.2, 0.25) is 0 Å². The highest BCUT2D eigenvalue weighted by Gasteiger charge is 2.38. The molecule has 0 fully saturated rings. The molecule has 0 atom stereocenters. The Kier molecular flexibility index (Phi) is 4.91. The summed E-state index contributed by atoms with van der Waals surface area (Å²) in [6.45, 7) is 17.3. The Labute approximate surface area is 158 Å². The molecule has 26 heavy (non-hydrogen) atoms. The molecule has 1 nitrogen and oxygen atoms in total. The minimum absolute atomic E-state index is 0.160. The molecule has 0 heterocycles. The first-order valence-electron chi connectivity index (χ1n) is 9.27. The molecule has 0 aliphatic heterocycles. The Morgan fingerprint density at radius 1 is 0.962 bits per heavy atom. The maximum atomic E-state index is 4.41. The van der Waals surface area contributed by atoms with Crippen LogP contribution in [0.1, 0.15) is 48.6 Å². The molecule has 134 valence electrons. The van der Waals surface area contributed by atoms with Crippen molar-refractivity contribution in [2.75, 3.05) is 0 Å². The lowest BCUT2D eigenvalue weighted by Gasteiger charge is -2.34. The molecule has 0 radical (unpaired) electrons. The van der Waals surface area contributed by atoms with Crippen LogP contribution in [0.3, 0.4) is 0 Å². The van der Waals surface area contributed by atoms with Crippen LogP contribution in [-0.4, -0.2) is 5.54 Å². The number of hydrogen-bond acceptors (Lipinski definition) is 1. The molecule has 2 aromatic carbocycles. The Balaban J connectivity index is 1.96. The number of allylic oxidation sites excluding steroid dienone is 1. The molecule has 1 heteroatoms. The smallest absolute Gasteiger partial charge is 0.0660 e. The van der Waals surface area contributed by atoms with E-state index in [1.165, 1.54) is 33.4 Å². The van der Waals surface area contributed by atoms with Crippen molar-refractivity contribution in [3.8, 4) is 0 Å². The van der Waals surface area contributed by atoms with Crippen LogP contribution in [0.25, 0.3) is 11.8 Å². The Bertz CT molecular complexity index is 869. The normalized spacial score (nSPS) is 14.5.